The Balaban J connectivity index is 1.76. The largest absolute Gasteiger partial charge is 0.497 e. The fraction of sp³-hybridized carbons (Fsp3) is 0.0435. The molecule has 5 nitrogen and oxygen atoms in total. The average molecular weight is 471 g/mol. The zero-order valence-corrected chi connectivity index (χ0v) is 18.6. The van der Waals surface area contributed by atoms with Gasteiger partial charge < -0.3 is 10.1 Å². The second-order valence-electron chi connectivity index (χ2n) is 6.51. The number of anilines is 2. The molecule has 0 radical (unpaired) electrons. The zero-order chi connectivity index (χ0) is 22.0. The molecule has 0 fully saturated rings. The van der Waals surface area contributed by atoms with Crippen molar-refractivity contribution >= 4 is 58.2 Å². The molecule has 156 valence electrons. The zero-order valence-electron chi connectivity index (χ0n) is 16.3. The molecule has 0 atom stereocenters. The topological polar surface area (TPSA) is 58.6 Å². The van der Waals surface area contributed by atoms with Crippen LogP contribution in [-0.2, 0) is 9.59 Å². The molecule has 8 heteroatoms. The van der Waals surface area contributed by atoms with Gasteiger partial charge in [0.1, 0.15) is 16.4 Å². The lowest BCUT2D eigenvalue weighted by molar-refractivity contribution is -0.120. The van der Waals surface area contributed by atoms with Gasteiger partial charge in [0.2, 0.25) is 0 Å². The van der Waals surface area contributed by atoms with Crippen LogP contribution < -0.4 is 15.0 Å². The van der Waals surface area contributed by atoms with E-state index in [1.807, 2.05) is 0 Å². The number of carbonyl (C=O) groups is 2. The van der Waals surface area contributed by atoms with Crippen LogP contribution in [0.3, 0.4) is 0 Å². The summed E-state index contributed by atoms with van der Waals surface area (Å²) in [5, 5.41) is 3.99. The number of nitrogens with zero attached hydrogens (tertiary/aromatic N) is 1. The highest BCUT2D eigenvalue weighted by Crippen LogP contribution is 2.40. The molecule has 0 bridgehead atoms. The number of amides is 2. The number of hydrogen-bond donors (Lipinski definition) is 1. The summed E-state index contributed by atoms with van der Waals surface area (Å²) in [6.45, 7) is 0. The van der Waals surface area contributed by atoms with Crippen LogP contribution in [0.25, 0.3) is 0 Å². The standard InChI is InChI=1S/C23H16Cl2N2O3S/c1-30-16-6-4-5-15(13-16)26-20-21(31-17-11-9-14(24)10-12-17)23(29)27(22(20)28)19-8-3-2-7-18(19)25/h2-13,26H,1H3. The molecule has 0 saturated heterocycles. The van der Waals surface area contributed by atoms with Crippen molar-refractivity contribution in [1.29, 1.82) is 0 Å². The van der Waals surface area contributed by atoms with Crippen molar-refractivity contribution in [3.63, 3.8) is 0 Å². The van der Waals surface area contributed by atoms with E-state index in [4.69, 9.17) is 27.9 Å². The summed E-state index contributed by atoms with van der Waals surface area (Å²) < 4.78 is 5.25. The summed E-state index contributed by atoms with van der Waals surface area (Å²) in [7, 11) is 1.56. The van der Waals surface area contributed by atoms with E-state index in [0.717, 1.165) is 9.80 Å². The number of imide groups is 1. The normalized spacial score (nSPS) is 13.7. The van der Waals surface area contributed by atoms with Crippen LogP contribution in [-0.4, -0.2) is 18.9 Å². The molecule has 3 aromatic carbocycles. The minimum Gasteiger partial charge on any atom is -0.497 e. The van der Waals surface area contributed by atoms with Crippen LogP contribution in [0.4, 0.5) is 11.4 Å². The molecular formula is C23H16Cl2N2O3S. The van der Waals surface area contributed by atoms with Gasteiger partial charge in [-0.25, -0.2) is 4.90 Å². The Hall–Kier alpha value is -2.93. The van der Waals surface area contributed by atoms with Crippen LogP contribution in [0, 0.1) is 0 Å². The second-order valence-corrected chi connectivity index (χ2v) is 8.44. The maximum absolute atomic E-state index is 13.3. The molecule has 0 aliphatic carbocycles. The van der Waals surface area contributed by atoms with Gasteiger partial charge in [0.25, 0.3) is 11.8 Å². The molecule has 1 heterocycles. The maximum Gasteiger partial charge on any atom is 0.283 e. The van der Waals surface area contributed by atoms with E-state index in [9.17, 15) is 9.59 Å². The number of thioether (sulfide) groups is 1. The molecule has 31 heavy (non-hydrogen) atoms. The number of rotatable bonds is 6. The van der Waals surface area contributed by atoms with Crippen LogP contribution in [0.15, 0.2) is 88.3 Å². The van der Waals surface area contributed by atoms with Gasteiger partial charge in [-0.05, 0) is 48.5 Å². The van der Waals surface area contributed by atoms with Crippen molar-refractivity contribution in [2.75, 3.05) is 17.3 Å². The molecule has 0 saturated carbocycles. The molecule has 1 aliphatic rings. The van der Waals surface area contributed by atoms with Gasteiger partial charge in [0, 0.05) is 21.7 Å². The number of benzene rings is 3. The predicted molar refractivity (Wildman–Crippen MR) is 125 cm³/mol. The third-order valence-electron chi connectivity index (χ3n) is 4.51. The first-order chi connectivity index (χ1) is 15.0. The lowest BCUT2D eigenvalue weighted by Gasteiger charge is -2.16. The number of para-hydroxylation sites is 1. The molecule has 4 rings (SSSR count). The highest BCUT2D eigenvalue weighted by Gasteiger charge is 2.41. The first-order valence-electron chi connectivity index (χ1n) is 9.20. The lowest BCUT2D eigenvalue weighted by Crippen LogP contribution is -2.32. The lowest BCUT2D eigenvalue weighted by atomic mass is 10.2. The van der Waals surface area contributed by atoms with E-state index in [0.29, 0.717) is 27.2 Å². The summed E-state index contributed by atoms with van der Waals surface area (Å²) in [6, 6.07) is 20.9. The molecule has 3 aromatic rings. The van der Waals surface area contributed by atoms with Gasteiger partial charge in [0.05, 0.1) is 17.8 Å². The quantitative estimate of drug-likeness (QED) is 0.448. The summed E-state index contributed by atoms with van der Waals surface area (Å²) >= 11 is 13.4. The van der Waals surface area contributed by atoms with E-state index in [-0.39, 0.29) is 10.6 Å². The van der Waals surface area contributed by atoms with Crippen molar-refractivity contribution in [1.82, 2.24) is 0 Å². The van der Waals surface area contributed by atoms with Crippen molar-refractivity contribution in [3.8, 4) is 5.75 Å². The fourth-order valence-corrected chi connectivity index (χ4v) is 4.31. The van der Waals surface area contributed by atoms with Gasteiger partial charge in [-0.15, -0.1) is 0 Å². The van der Waals surface area contributed by atoms with Crippen LogP contribution >= 0.6 is 35.0 Å². The number of nitrogens with one attached hydrogen (secondary N) is 1. The van der Waals surface area contributed by atoms with Crippen LogP contribution in [0.1, 0.15) is 0 Å². The molecule has 1 aliphatic heterocycles. The minimum atomic E-state index is -0.489. The second kappa shape index (κ2) is 9.06. The summed E-state index contributed by atoms with van der Waals surface area (Å²) in [4.78, 5) is 28.8. The average Bonchev–Trinajstić information content (AvgIpc) is 3.00. The SMILES string of the molecule is COc1cccc(NC2=C(Sc3ccc(Cl)cc3)C(=O)N(c3ccccc3Cl)C2=O)c1. The Bertz CT molecular complexity index is 1200. The highest BCUT2D eigenvalue weighted by atomic mass is 35.5. The highest BCUT2D eigenvalue weighted by molar-refractivity contribution is 8.04. The number of methoxy groups -OCH3 is 1. The van der Waals surface area contributed by atoms with Gasteiger partial charge >= 0.3 is 0 Å². The van der Waals surface area contributed by atoms with E-state index in [1.54, 1.807) is 79.9 Å². The number of hydrogen-bond acceptors (Lipinski definition) is 5. The molecular weight excluding hydrogens is 455 g/mol. The summed E-state index contributed by atoms with van der Waals surface area (Å²) in [5.41, 5.74) is 1.11. The number of carbonyl (C=O) groups excluding carboxylic acids is 2. The molecule has 0 unspecified atom stereocenters. The van der Waals surface area contributed by atoms with E-state index in [2.05, 4.69) is 5.32 Å². The monoisotopic (exact) mass is 470 g/mol. The molecule has 2 amide bonds. The third kappa shape index (κ3) is 4.42. The van der Waals surface area contributed by atoms with Gasteiger partial charge in [-0.3, -0.25) is 9.59 Å². The number of halogens is 2. The minimum absolute atomic E-state index is 0.165. The summed E-state index contributed by atoms with van der Waals surface area (Å²) in [6.07, 6.45) is 0. The van der Waals surface area contributed by atoms with E-state index < -0.39 is 11.8 Å². The Morgan fingerprint density at radius 1 is 0.903 bits per heavy atom. The summed E-state index contributed by atoms with van der Waals surface area (Å²) in [5.74, 6) is -0.321. The van der Waals surface area contributed by atoms with Crippen molar-refractivity contribution in [2.45, 2.75) is 4.90 Å². The van der Waals surface area contributed by atoms with Crippen molar-refractivity contribution in [3.05, 3.63) is 93.4 Å². The molecule has 0 spiro atoms. The molecule has 1 N–H and O–H groups in total. The maximum atomic E-state index is 13.3. The third-order valence-corrected chi connectivity index (χ3v) is 6.17. The molecule has 0 aromatic heterocycles. The first-order valence-corrected chi connectivity index (χ1v) is 10.8. The Morgan fingerprint density at radius 2 is 1.65 bits per heavy atom. The predicted octanol–water partition coefficient (Wildman–Crippen LogP) is 5.99. The van der Waals surface area contributed by atoms with Crippen LogP contribution in [0.2, 0.25) is 10.0 Å². The Morgan fingerprint density at radius 3 is 2.35 bits per heavy atom. The van der Waals surface area contributed by atoms with Crippen LogP contribution in [0.5, 0.6) is 5.75 Å². The van der Waals surface area contributed by atoms with Crippen molar-refractivity contribution in [2.24, 2.45) is 0 Å². The Labute approximate surface area is 193 Å². The number of ether oxygens (including phenoxy) is 1. The van der Waals surface area contributed by atoms with E-state index in [1.165, 1.54) is 11.8 Å². The smallest absolute Gasteiger partial charge is 0.283 e. The fourth-order valence-electron chi connectivity index (χ4n) is 3.03. The van der Waals surface area contributed by atoms with Crippen molar-refractivity contribution < 1.29 is 14.3 Å². The van der Waals surface area contributed by atoms with Gasteiger partial charge in [-0.1, -0.05) is 53.2 Å². The first kappa shape index (κ1) is 21.3. The Kier molecular flexibility index (Phi) is 6.23. The van der Waals surface area contributed by atoms with Gasteiger partial charge in [-0.2, -0.15) is 0 Å². The van der Waals surface area contributed by atoms with Gasteiger partial charge in [0.15, 0.2) is 0 Å². The van der Waals surface area contributed by atoms with E-state index >= 15 is 0 Å².